The summed E-state index contributed by atoms with van der Waals surface area (Å²) in [5.74, 6) is 0.604. The molecule has 3 atom stereocenters. The van der Waals surface area contributed by atoms with Crippen molar-refractivity contribution in [1.82, 2.24) is 9.80 Å². The summed E-state index contributed by atoms with van der Waals surface area (Å²) in [6.07, 6.45) is 7.43. The first-order valence-corrected chi connectivity index (χ1v) is 36.9. The van der Waals surface area contributed by atoms with Crippen molar-refractivity contribution in [2.45, 2.75) is 165 Å². The Morgan fingerprint density at radius 1 is 0.374 bits per heavy atom. The van der Waals surface area contributed by atoms with Crippen molar-refractivity contribution in [2.24, 2.45) is 0 Å². The van der Waals surface area contributed by atoms with E-state index in [0.717, 1.165) is 84.4 Å². The van der Waals surface area contributed by atoms with E-state index in [1.807, 2.05) is 142 Å². The number of aliphatic hydroxyl groups is 1. The summed E-state index contributed by atoms with van der Waals surface area (Å²) in [5.41, 5.74) is 11.4. The first-order valence-electron chi connectivity index (χ1n) is 36.9. The summed E-state index contributed by atoms with van der Waals surface area (Å²) >= 11 is 0. The molecule has 21 heteroatoms. The second kappa shape index (κ2) is 55.6. The molecule has 7 aromatic carbocycles. The predicted octanol–water partition coefficient (Wildman–Crippen LogP) is 12.4. The van der Waals surface area contributed by atoms with Gasteiger partial charge in [-0.15, -0.1) is 0 Å². The van der Waals surface area contributed by atoms with Crippen LogP contribution in [0, 0.1) is 0 Å². The molecule has 2 aliphatic rings. The van der Waals surface area contributed by atoms with Crippen LogP contribution in [0.25, 0.3) is 0 Å². The number of benzene rings is 7. The minimum absolute atomic E-state index is 0. The molecule has 107 heavy (non-hydrogen) atoms. The van der Waals surface area contributed by atoms with Gasteiger partial charge >= 0.3 is 30.8 Å². The fraction of sp³-hybridized carbons (Fsp3) is 0.442. The summed E-state index contributed by atoms with van der Waals surface area (Å²) in [6, 6.07) is 54.4. The second-order valence-electron chi connectivity index (χ2n) is 24.1. The number of fused-ring (bicyclic) bond motifs is 2. The molecule has 19 nitrogen and oxygen atoms in total. The molecule has 578 valence electrons. The molecule has 2 aliphatic heterocycles. The van der Waals surface area contributed by atoms with E-state index in [-0.39, 0.29) is 98.1 Å². The van der Waals surface area contributed by atoms with Crippen molar-refractivity contribution in [3.8, 4) is 11.5 Å². The number of rotatable bonds is 36. The minimum Gasteiger partial charge on any atom is -1.00 e. The average molecular weight is 1490 g/mol. The van der Waals surface area contributed by atoms with Gasteiger partial charge in [-0.05, 0) is 221 Å². The Morgan fingerprint density at radius 3 is 0.944 bits per heavy atom. The van der Waals surface area contributed by atoms with E-state index in [4.69, 9.17) is 52.5 Å². The van der Waals surface area contributed by atoms with Crippen molar-refractivity contribution in [3.63, 3.8) is 0 Å². The molecule has 1 N–H and O–H groups in total. The van der Waals surface area contributed by atoms with E-state index in [1.165, 1.54) is 26.5 Å². The Hall–Kier alpha value is -7.79. The van der Waals surface area contributed by atoms with Gasteiger partial charge in [-0.25, -0.2) is 0 Å². The maximum absolute atomic E-state index is 12.4. The molecule has 7 aromatic rings. The van der Waals surface area contributed by atoms with E-state index in [1.54, 1.807) is 62.8 Å². The molecular weight excluding hydrogens is 1370 g/mol. The summed E-state index contributed by atoms with van der Waals surface area (Å²) < 4.78 is 52.0. The molecule has 3 unspecified atom stereocenters. The van der Waals surface area contributed by atoms with E-state index in [2.05, 4.69) is 55.5 Å². The molecule has 0 aromatic heterocycles. The van der Waals surface area contributed by atoms with E-state index >= 15 is 0 Å². The number of imide groups is 2. The molecule has 0 fully saturated rings. The van der Waals surface area contributed by atoms with Gasteiger partial charge in [-0.3, -0.25) is 38.6 Å². The zero-order valence-corrected chi connectivity index (χ0v) is 65.2. The summed E-state index contributed by atoms with van der Waals surface area (Å²) in [6.45, 7) is 27.0. The van der Waals surface area contributed by atoms with E-state index < -0.39 is 6.48 Å². The van der Waals surface area contributed by atoms with Crippen LogP contribution in [0.4, 0.5) is 0 Å². The Morgan fingerprint density at radius 2 is 0.654 bits per heavy atom. The zero-order valence-electron chi connectivity index (χ0n) is 66.2. The number of amides is 4. The monoisotopic (exact) mass is 1480 g/mol. The number of aryl methyl sites for hydroxylation is 5. The van der Waals surface area contributed by atoms with Gasteiger partial charge in [0.2, 0.25) is 0 Å². The maximum Gasteiger partial charge on any atom is 1.00 e. The Kier molecular flexibility index (Phi) is 49.5. The van der Waals surface area contributed by atoms with Crippen LogP contribution in [0.3, 0.4) is 0 Å². The molecule has 0 saturated carbocycles. The van der Waals surface area contributed by atoms with Crippen LogP contribution in [0.5, 0.6) is 11.5 Å². The van der Waals surface area contributed by atoms with Crippen LogP contribution < -0.4 is 28.3 Å². The molecule has 0 aliphatic carbocycles. The van der Waals surface area contributed by atoms with Gasteiger partial charge in [-0.1, -0.05) is 121 Å². The molecule has 4 amide bonds. The van der Waals surface area contributed by atoms with Crippen LogP contribution in [0.1, 0.15) is 214 Å². The molecule has 9 rings (SSSR count). The van der Waals surface area contributed by atoms with Gasteiger partial charge in [0.25, 0.3) is 30.1 Å². The van der Waals surface area contributed by atoms with E-state index in [0.29, 0.717) is 107 Å². The van der Waals surface area contributed by atoms with Gasteiger partial charge < -0.3 is 53.9 Å². The van der Waals surface area contributed by atoms with Crippen LogP contribution in [-0.2, 0) is 79.6 Å². The summed E-state index contributed by atoms with van der Waals surface area (Å²) in [7, 11) is 3.27. The van der Waals surface area contributed by atoms with Gasteiger partial charge in [0.15, 0.2) is 17.4 Å². The number of carbonyl (C=O) groups is 6. The van der Waals surface area contributed by atoms with Crippen molar-refractivity contribution in [2.75, 3.05) is 86.8 Å². The van der Waals surface area contributed by atoms with Gasteiger partial charge in [-0.2, -0.15) is 0 Å². The van der Waals surface area contributed by atoms with Crippen LogP contribution in [0.2, 0.25) is 0 Å². The van der Waals surface area contributed by atoms with Crippen molar-refractivity contribution in [1.29, 1.82) is 0 Å². The van der Waals surface area contributed by atoms with Crippen molar-refractivity contribution in [3.05, 3.63) is 237 Å². The smallest absolute Gasteiger partial charge is 1.00 e. The second-order valence-corrected chi connectivity index (χ2v) is 24.1. The van der Waals surface area contributed by atoms with Crippen LogP contribution in [0.15, 0.2) is 170 Å². The molecule has 0 bridgehead atoms. The van der Waals surface area contributed by atoms with Crippen LogP contribution in [-0.4, -0.2) is 161 Å². The summed E-state index contributed by atoms with van der Waals surface area (Å²) in [4.78, 5) is 74.3. The fourth-order valence-electron chi connectivity index (χ4n) is 11.3. The van der Waals surface area contributed by atoms with Crippen LogP contribution >= 0.6 is 0 Å². The summed E-state index contributed by atoms with van der Waals surface area (Å²) in [5, 5.41) is 8.77. The first-order chi connectivity index (χ1) is 50.9. The van der Waals surface area contributed by atoms with Gasteiger partial charge in [0.05, 0.1) is 68.0 Å². The Balaban J connectivity index is 0.000000658. The third-order valence-corrected chi connectivity index (χ3v) is 16.6. The van der Waals surface area contributed by atoms with Gasteiger partial charge in [0.1, 0.15) is 11.5 Å². The maximum atomic E-state index is 12.4. The Labute approximate surface area is 660 Å². The largest absolute Gasteiger partial charge is 1.00 e. The minimum atomic E-state index is -0.472. The normalized spacial score (nSPS) is 12.4. The quantitative estimate of drug-likeness (QED) is 0.0167. The molecule has 2 heterocycles. The Bertz CT molecular complexity index is 3630. The number of nitrogens with zero attached hydrogens (tertiary/aromatic N) is 2. The van der Waals surface area contributed by atoms with Gasteiger partial charge in [0, 0.05) is 72.2 Å². The predicted molar refractivity (Wildman–Crippen MR) is 421 cm³/mol. The molecular formula is C86H118AlLiN2O17. The zero-order chi connectivity index (χ0) is 76.7. The van der Waals surface area contributed by atoms with Crippen molar-refractivity contribution >= 4 is 52.9 Å². The number of aliphatic hydroxyl groups excluding tert-OH is 1. The number of carbonyl (C=O) groups excluding carboxylic acids is 6. The number of esters is 2. The molecule has 0 saturated heterocycles. The average Bonchev–Trinajstić information content (AvgIpc) is 1.65. The number of ether oxygens (including phenoxy) is 10. The van der Waals surface area contributed by atoms with E-state index in [9.17, 15) is 28.8 Å². The fourth-order valence-corrected chi connectivity index (χ4v) is 11.3. The third-order valence-electron chi connectivity index (χ3n) is 16.6. The third kappa shape index (κ3) is 34.5. The first kappa shape index (κ1) is 95.3. The topological polar surface area (TPSA) is 221 Å². The molecule has 0 spiro atoms. The SMILES string of the molecule is CCOC(=O)CCc1cccc(C(C)OCC)c1.CCOC(=O)CCc1cccc(OC)c1.CCOC(C)c1cccc(CCCN2C(=O)c3ccccc3C2=O)c1.CCOC(C)c1cccc(CCCO)c1.CCOC(OCC)OCC.COc1cccc(CCCN2C(=O)c3ccccc3C2=O)c1.[AlH3].[H-].[Li+]. The van der Waals surface area contributed by atoms with Crippen molar-refractivity contribution < 1.29 is 102 Å². The number of methoxy groups -OCH3 is 2. The number of hydrogen-bond acceptors (Lipinski definition) is 17. The molecule has 0 radical (unpaired) electrons. The standard InChI is InChI=1S/C21H23NO3.C18H17NO3.C15H22O3.C13H20O2.C12H16O3.C7H16O3.Al.Li.4H/c1-3-25-15(2)17-10-6-8-16(14-17)9-7-13-22-20(23)18-11-4-5-12-19(18)21(22)24;1-22-14-8-4-6-13(12-14)7-5-11-19-17(20)15-9-2-3-10-16(15)18(19)21;1-4-17-12(3)14-8-6-7-13(11-14)9-10-15(16)18-5-2;1-3-15-11(2)13-8-4-6-12(10-13)7-5-9-14;1-3-15-12(13)8-7-10-5-4-6-11(9-10)14-2;1-4-8-7(9-5-2)10-6-3;;;;;;/h4-6,8,10-12,14-15H,3,7,9,13H2,1-2H3;2-4,6,8-10,12H,5,7,11H2,1H3;6-8,11-12H,4-5,9-10H2,1-3H3;4,6,8,10-11,14H,3,5,7,9H2,1-2H3;4-6,9H,3,7-8H2,1-2H3;7H,4-6H2,1-3H3;;;;;;/q;;;;;;;+1;;;;-1. The number of hydrogen-bond donors (Lipinski definition) is 1.